The Hall–Kier alpha value is -3.01. The third kappa shape index (κ3) is 4.26. The van der Waals surface area contributed by atoms with Gasteiger partial charge in [-0.3, -0.25) is 4.79 Å². The number of para-hydroxylation sites is 1. The molecule has 0 spiro atoms. The number of anilines is 1. The fraction of sp³-hybridized carbons (Fsp3) is 0.208. The van der Waals surface area contributed by atoms with Gasteiger partial charge < -0.3 is 15.0 Å². The maximum atomic E-state index is 13.5. The number of ether oxygens (including phenoxy) is 1. The lowest BCUT2D eigenvalue weighted by Gasteiger charge is -2.26. The third-order valence-corrected chi connectivity index (χ3v) is 7.99. The average molecular weight is 516 g/mol. The molecule has 3 heterocycles. The quantitative estimate of drug-likeness (QED) is 0.333. The molecule has 0 aliphatic carbocycles. The first kappa shape index (κ1) is 22.8. The highest BCUT2D eigenvalue weighted by Gasteiger charge is 2.30. The lowest BCUT2D eigenvalue weighted by Crippen LogP contribution is -2.35. The largest absolute Gasteiger partial charge is 0.450 e. The van der Waals surface area contributed by atoms with Crippen molar-refractivity contribution in [2.75, 3.05) is 18.5 Å². The van der Waals surface area contributed by atoms with E-state index in [-0.39, 0.29) is 16.7 Å². The van der Waals surface area contributed by atoms with Crippen molar-refractivity contribution in [1.82, 2.24) is 9.88 Å². The summed E-state index contributed by atoms with van der Waals surface area (Å²) < 4.78 is 19.7. The van der Waals surface area contributed by atoms with Crippen LogP contribution in [0.3, 0.4) is 0 Å². The van der Waals surface area contributed by atoms with Gasteiger partial charge in [0.25, 0.3) is 5.91 Å². The fourth-order valence-corrected chi connectivity index (χ4v) is 6.53. The molecule has 34 heavy (non-hydrogen) atoms. The van der Waals surface area contributed by atoms with Crippen molar-refractivity contribution < 1.29 is 18.7 Å². The van der Waals surface area contributed by atoms with E-state index in [2.05, 4.69) is 5.32 Å². The van der Waals surface area contributed by atoms with Crippen molar-refractivity contribution >= 4 is 61.5 Å². The number of hydrogen-bond donors (Lipinski definition) is 1. The molecule has 0 saturated carbocycles. The number of amides is 2. The Labute approximate surface area is 207 Å². The van der Waals surface area contributed by atoms with E-state index in [9.17, 15) is 14.0 Å². The summed E-state index contributed by atoms with van der Waals surface area (Å²) in [6.45, 7) is 2.99. The number of hydrogen-bond acceptors (Lipinski definition) is 6. The number of aromatic nitrogens is 1. The van der Waals surface area contributed by atoms with E-state index in [1.54, 1.807) is 23.2 Å². The zero-order chi connectivity index (χ0) is 23.8. The number of fused-ring (bicyclic) bond motifs is 2. The minimum absolute atomic E-state index is 0.0360. The van der Waals surface area contributed by atoms with Crippen molar-refractivity contribution in [1.29, 1.82) is 0 Å². The molecule has 2 aromatic heterocycles. The molecule has 1 N–H and O–H groups in total. The van der Waals surface area contributed by atoms with Crippen LogP contribution < -0.4 is 5.32 Å². The highest BCUT2D eigenvalue weighted by Crippen LogP contribution is 2.46. The van der Waals surface area contributed by atoms with Gasteiger partial charge in [0.15, 0.2) is 0 Å². The van der Waals surface area contributed by atoms with Crippen molar-refractivity contribution in [2.24, 2.45) is 0 Å². The van der Waals surface area contributed by atoms with Gasteiger partial charge >= 0.3 is 6.09 Å². The molecule has 5 rings (SSSR count). The van der Waals surface area contributed by atoms with Crippen molar-refractivity contribution in [3.05, 3.63) is 69.3 Å². The zero-order valence-corrected chi connectivity index (χ0v) is 20.5. The Kier molecular flexibility index (Phi) is 6.24. The molecule has 0 unspecified atom stereocenters. The smallest absolute Gasteiger partial charge is 0.410 e. The predicted molar refractivity (Wildman–Crippen MR) is 133 cm³/mol. The summed E-state index contributed by atoms with van der Waals surface area (Å²) in [6, 6.07) is 11.5. The van der Waals surface area contributed by atoms with Crippen molar-refractivity contribution in [2.45, 2.75) is 19.9 Å². The standard InChI is InChI=1S/C24H19ClFN3O3S2/c1-2-32-24(31)29-10-9-15-19(12-29)34-23(28-21(30)14-8-7-13(26)11-16(14)25)20(15)22-27-17-5-3-4-6-18(17)33-22/h3-8,11H,2,9-10,12H2,1H3,(H,28,30). The van der Waals surface area contributed by atoms with Crippen LogP contribution in [0.15, 0.2) is 42.5 Å². The van der Waals surface area contributed by atoms with Crippen LogP contribution in [0.25, 0.3) is 20.8 Å². The summed E-state index contributed by atoms with van der Waals surface area (Å²) in [7, 11) is 0. The summed E-state index contributed by atoms with van der Waals surface area (Å²) in [4.78, 5) is 32.8. The topological polar surface area (TPSA) is 71.5 Å². The van der Waals surface area contributed by atoms with Gasteiger partial charge in [-0.15, -0.1) is 22.7 Å². The fourth-order valence-electron chi connectivity index (χ4n) is 3.91. The molecule has 2 aromatic carbocycles. The SMILES string of the molecule is CCOC(=O)N1CCc2c(sc(NC(=O)c3ccc(F)cc3Cl)c2-c2nc3ccccc3s2)C1. The van der Waals surface area contributed by atoms with Gasteiger partial charge in [-0.25, -0.2) is 14.2 Å². The Morgan fingerprint density at radius 3 is 2.82 bits per heavy atom. The highest BCUT2D eigenvalue weighted by atomic mass is 35.5. The van der Waals surface area contributed by atoms with E-state index in [4.69, 9.17) is 21.3 Å². The van der Waals surface area contributed by atoms with E-state index in [0.29, 0.717) is 31.1 Å². The number of carbonyl (C=O) groups excluding carboxylic acids is 2. The van der Waals surface area contributed by atoms with Crippen molar-refractivity contribution in [3.8, 4) is 10.6 Å². The monoisotopic (exact) mass is 515 g/mol. The summed E-state index contributed by atoms with van der Waals surface area (Å²) in [5.74, 6) is -0.949. The van der Waals surface area contributed by atoms with Crippen LogP contribution in [0.4, 0.5) is 14.2 Å². The molecule has 0 fully saturated rings. The zero-order valence-electron chi connectivity index (χ0n) is 18.1. The highest BCUT2D eigenvalue weighted by molar-refractivity contribution is 7.23. The number of benzene rings is 2. The number of thiophene rings is 1. The maximum absolute atomic E-state index is 13.5. The molecule has 10 heteroatoms. The Balaban J connectivity index is 1.56. The van der Waals surface area contributed by atoms with Gasteiger partial charge in [0.2, 0.25) is 0 Å². The molecule has 2 amide bonds. The first-order chi connectivity index (χ1) is 16.4. The summed E-state index contributed by atoms with van der Waals surface area (Å²) in [5, 5.41) is 4.42. The number of halogens is 2. The van der Waals surface area contributed by atoms with Crippen LogP contribution in [-0.2, 0) is 17.7 Å². The number of nitrogens with zero attached hydrogens (tertiary/aromatic N) is 2. The molecule has 0 atom stereocenters. The lowest BCUT2D eigenvalue weighted by molar-refractivity contribution is 0.102. The Morgan fingerprint density at radius 2 is 2.06 bits per heavy atom. The predicted octanol–water partition coefficient (Wildman–Crippen LogP) is 6.58. The average Bonchev–Trinajstić information content (AvgIpc) is 3.39. The molecule has 174 valence electrons. The first-order valence-corrected chi connectivity index (χ1v) is 12.6. The van der Waals surface area contributed by atoms with E-state index in [0.717, 1.165) is 37.3 Å². The first-order valence-electron chi connectivity index (χ1n) is 10.6. The van der Waals surface area contributed by atoms with Gasteiger partial charge in [-0.2, -0.15) is 0 Å². The number of carbonyl (C=O) groups is 2. The summed E-state index contributed by atoms with van der Waals surface area (Å²) in [5.41, 5.74) is 2.98. The van der Waals surface area contributed by atoms with E-state index < -0.39 is 11.7 Å². The van der Waals surface area contributed by atoms with Gasteiger partial charge in [-0.1, -0.05) is 23.7 Å². The van der Waals surface area contributed by atoms with Gasteiger partial charge in [0.05, 0.1) is 34.0 Å². The minimum atomic E-state index is -0.512. The lowest BCUT2D eigenvalue weighted by atomic mass is 10.0. The molecular weight excluding hydrogens is 497 g/mol. The Bertz CT molecular complexity index is 1380. The molecule has 0 radical (unpaired) electrons. The van der Waals surface area contributed by atoms with Crippen LogP contribution in [0.2, 0.25) is 5.02 Å². The summed E-state index contributed by atoms with van der Waals surface area (Å²) >= 11 is 9.07. The molecule has 1 aliphatic rings. The third-order valence-electron chi connectivity index (χ3n) is 5.49. The molecule has 0 saturated heterocycles. The van der Waals surface area contributed by atoms with Crippen LogP contribution in [0.1, 0.15) is 27.7 Å². The van der Waals surface area contributed by atoms with Crippen LogP contribution in [-0.4, -0.2) is 35.0 Å². The molecule has 0 bridgehead atoms. The number of rotatable bonds is 4. The van der Waals surface area contributed by atoms with Gasteiger partial charge in [-0.05, 0) is 49.2 Å². The molecular formula is C24H19ClFN3O3S2. The number of thiazole rings is 1. The second kappa shape index (κ2) is 9.32. The van der Waals surface area contributed by atoms with Gasteiger partial charge in [0.1, 0.15) is 15.8 Å². The maximum Gasteiger partial charge on any atom is 0.410 e. The molecule has 6 nitrogen and oxygen atoms in total. The molecule has 4 aromatic rings. The normalized spacial score (nSPS) is 13.1. The van der Waals surface area contributed by atoms with Crippen molar-refractivity contribution in [3.63, 3.8) is 0 Å². The second-order valence-electron chi connectivity index (χ2n) is 7.64. The second-order valence-corrected chi connectivity index (χ2v) is 10.2. The molecule has 1 aliphatic heterocycles. The minimum Gasteiger partial charge on any atom is -0.450 e. The van der Waals surface area contributed by atoms with Crippen LogP contribution in [0.5, 0.6) is 0 Å². The van der Waals surface area contributed by atoms with E-state index in [1.807, 2.05) is 24.3 Å². The summed E-state index contributed by atoms with van der Waals surface area (Å²) in [6.07, 6.45) is 0.259. The van der Waals surface area contributed by atoms with Gasteiger partial charge in [0, 0.05) is 17.0 Å². The Morgan fingerprint density at radius 1 is 1.24 bits per heavy atom. The van der Waals surface area contributed by atoms with E-state index >= 15 is 0 Å². The van der Waals surface area contributed by atoms with E-state index in [1.165, 1.54) is 23.5 Å². The van der Waals surface area contributed by atoms with Crippen LogP contribution >= 0.6 is 34.3 Å². The van der Waals surface area contributed by atoms with Crippen LogP contribution in [0, 0.1) is 5.82 Å². The number of nitrogens with one attached hydrogen (secondary N) is 1.